The van der Waals surface area contributed by atoms with Gasteiger partial charge in [0.1, 0.15) is 18.1 Å². The predicted molar refractivity (Wildman–Crippen MR) is 121 cm³/mol. The molecule has 2 aliphatic rings. The quantitative estimate of drug-likeness (QED) is 0.377. The minimum absolute atomic E-state index is 0. The molecule has 1 aromatic carbocycles. The number of nitrogens with zero attached hydrogens (tertiary/aromatic N) is 4. The molecule has 2 N–H and O–H groups in total. The highest BCUT2D eigenvalue weighted by Crippen LogP contribution is 2.47. The van der Waals surface area contributed by atoms with E-state index in [9.17, 15) is 0 Å². The average molecular weight is 496 g/mol. The number of likely N-dealkylation sites (tertiary alicyclic amines) is 1. The standard InChI is InChI=1S/C20H28N6O.HI/c1-3-21-19(26-12-11-20(14-26)9-4-10-20)22-13-17-23-18(25-24-17)15-5-7-16(27-2)8-6-15;/h5-8H,3-4,9-14H2,1-2H3,(H,21,22)(H,23,24,25);1H. The van der Waals surface area contributed by atoms with Crippen molar-refractivity contribution in [2.45, 2.75) is 39.2 Å². The Morgan fingerprint density at radius 1 is 1.29 bits per heavy atom. The molecule has 2 heterocycles. The van der Waals surface area contributed by atoms with Crippen LogP contribution in [0.25, 0.3) is 11.4 Å². The molecule has 0 amide bonds. The van der Waals surface area contributed by atoms with Gasteiger partial charge in [-0.25, -0.2) is 9.98 Å². The molecule has 8 heteroatoms. The fraction of sp³-hybridized carbons (Fsp3) is 0.550. The van der Waals surface area contributed by atoms with Crippen molar-refractivity contribution in [2.24, 2.45) is 10.4 Å². The second kappa shape index (κ2) is 9.11. The lowest BCUT2D eigenvalue weighted by molar-refractivity contribution is 0.151. The van der Waals surface area contributed by atoms with E-state index in [0.29, 0.717) is 17.8 Å². The Kier molecular flexibility index (Phi) is 6.79. The van der Waals surface area contributed by atoms with Gasteiger partial charge < -0.3 is 15.0 Å². The minimum Gasteiger partial charge on any atom is -0.497 e. The summed E-state index contributed by atoms with van der Waals surface area (Å²) in [4.78, 5) is 11.8. The number of halogens is 1. The van der Waals surface area contributed by atoms with Gasteiger partial charge in [-0.15, -0.1) is 24.0 Å². The minimum atomic E-state index is 0. The normalized spacial score (nSPS) is 17.9. The summed E-state index contributed by atoms with van der Waals surface area (Å²) in [5.74, 6) is 3.27. The monoisotopic (exact) mass is 496 g/mol. The van der Waals surface area contributed by atoms with E-state index >= 15 is 0 Å². The average Bonchev–Trinajstić information content (AvgIpc) is 3.32. The van der Waals surface area contributed by atoms with E-state index in [4.69, 9.17) is 9.73 Å². The number of hydrogen-bond acceptors (Lipinski definition) is 4. The first kappa shape index (κ1) is 20.9. The second-order valence-corrected chi connectivity index (χ2v) is 7.53. The van der Waals surface area contributed by atoms with Gasteiger partial charge in [0.05, 0.1) is 7.11 Å². The lowest BCUT2D eigenvalue weighted by Crippen LogP contribution is -2.42. The van der Waals surface area contributed by atoms with Crippen LogP contribution >= 0.6 is 24.0 Å². The number of guanidine groups is 1. The SMILES string of the molecule is CCNC(=NCc1nc(-c2ccc(OC)cc2)n[nH]1)N1CCC2(CCC2)C1.I. The van der Waals surface area contributed by atoms with Gasteiger partial charge in [0.25, 0.3) is 0 Å². The molecular formula is C20H29IN6O. The van der Waals surface area contributed by atoms with Crippen LogP contribution < -0.4 is 10.1 Å². The van der Waals surface area contributed by atoms with E-state index in [1.165, 1.54) is 25.7 Å². The van der Waals surface area contributed by atoms with E-state index < -0.39 is 0 Å². The van der Waals surface area contributed by atoms with Crippen molar-refractivity contribution in [1.82, 2.24) is 25.4 Å². The number of nitrogens with one attached hydrogen (secondary N) is 2. The van der Waals surface area contributed by atoms with Crippen LogP contribution in [0.3, 0.4) is 0 Å². The molecular weight excluding hydrogens is 467 g/mol. The van der Waals surface area contributed by atoms with Crippen LogP contribution in [-0.4, -0.2) is 52.8 Å². The van der Waals surface area contributed by atoms with Crippen LogP contribution in [0, 0.1) is 5.41 Å². The summed E-state index contributed by atoms with van der Waals surface area (Å²) in [6.45, 7) is 5.71. The molecule has 1 aromatic heterocycles. The highest BCUT2D eigenvalue weighted by atomic mass is 127. The summed E-state index contributed by atoms with van der Waals surface area (Å²) in [5, 5.41) is 10.8. The Hall–Kier alpha value is -1.84. The van der Waals surface area contributed by atoms with Crippen molar-refractivity contribution < 1.29 is 4.74 Å². The van der Waals surface area contributed by atoms with Crippen molar-refractivity contribution in [1.29, 1.82) is 0 Å². The first-order valence-corrected chi connectivity index (χ1v) is 9.80. The van der Waals surface area contributed by atoms with E-state index in [-0.39, 0.29) is 24.0 Å². The van der Waals surface area contributed by atoms with Crippen molar-refractivity contribution >= 4 is 29.9 Å². The van der Waals surface area contributed by atoms with Crippen molar-refractivity contribution in [3.05, 3.63) is 30.1 Å². The zero-order chi connectivity index (χ0) is 18.7. The zero-order valence-electron chi connectivity index (χ0n) is 16.6. The highest BCUT2D eigenvalue weighted by Gasteiger charge is 2.43. The first-order chi connectivity index (χ1) is 13.2. The number of hydrogen-bond donors (Lipinski definition) is 2. The molecule has 1 spiro atoms. The van der Waals surface area contributed by atoms with Gasteiger partial charge in [0, 0.05) is 25.2 Å². The molecule has 2 fully saturated rings. The third-order valence-corrected chi connectivity index (χ3v) is 5.75. The maximum Gasteiger partial charge on any atom is 0.194 e. The fourth-order valence-electron chi connectivity index (χ4n) is 4.01. The lowest BCUT2D eigenvalue weighted by atomic mass is 9.68. The number of ether oxygens (including phenoxy) is 1. The van der Waals surface area contributed by atoms with Crippen molar-refractivity contribution in [2.75, 3.05) is 26.7 Å². The highest BCUT2D eigenvalue weighted by molar-refractivity contribution is 14.0. The van der Waals surface area contributed by atoms with Crippen LogP contribution in [0.5, 0.6) is 5.75 Å². The molecule has 7 nitrogen and oxygen atoms in total. The smallest absolute Gasteiger partial charge is 0.194 e. The fourth-order valence-corrected chi connectivity index (χ4v) is 4.01. The topological polar surface area (TPSA) is 78.4 Å². The molecule has 28 heavy (non-hydrogen) atoms. The number of rotatable bonds is 5. The zero-order valence-corrected chi connectivity index (χ0v) is 18.9. The Labute approximate surface area is 183 Å². The first-order valence-electron chi connectivity index (χ1n) is 9.80. The van der Waals surface area contributed by atoms with Gasteiger partial charge in [0.2, 0.25) is 0 Å². The largest absolute Gasteiger partial charge is 0.497 e. The van der Waals surface area contributed by atoms with E-state index in [2.05, 4.69) is 32.3 Å². The van der Waals surface area contributed by atoms with E-state index in [0.717, 1.165) is 42.7 Å². The van der Waals surface area contributed by atoms with Crippen LogP contribution in [0.4, 0.5) is 0 Å². The molecule has 4 rings (SSSR count). The molecule has 0 unspecified atom stereocenters. The number of aliphatic imine (C=N–C) groups is 1. The van der Waals surface area contributed by atoms with Gasteiger partial charge in [-0.2, -0.15) is 5.10 Å². The molecule has 1 saturated heterocycles. The maximum atomic E-state index is 5.20. The summed E-state index contributed by atoms with van der Waals surface area (Å²) < 4.78 is 5.20. The van der Waals surface area contributed by atoms with Crippen molar-refractivity contribution in [3.8, 4) is 17.1 Å². The second-order valence-electron chi connectivity index (χ2n) is 7.53. The number of methoxy groups -OCH3 is 1. The lowest BCUT2D eigenvalue weighted by Gasteiger charge is -2.38. The molecule has 0 atom stereocenters. The summed E-state index contributed by atoms with van der Waals surface area (Å²) in [7, 11) is 1.66. The Morgan fingerprint density at radius 2 is 2.07 bits per heavy atom. The van der Waals surface area contributed by atoms with Crippen LogP contribution in [0.2, 0.25) is 0 Å². The van der Waals surface area contributed by atoms with Crippen molar-refractivity contribution in [3.63, 3.8) is 0 Å². The van der Waals surface area contributed by atoms with Gasteiger partial charge in [-0.1, -0.05) is 6.42 Å². The summed E-state index contributed by atoms with van der Waals surface area (Å²) >= 11 is 0. The number of aromatic amines is 1. The third kappa shape index (κ3) is 4.42. The number of H-pyrrole nitrogens is 1. The van der Waals surface area contributed by atoms with Gasteiger partial charge in [0.15, 0.2) is 11.8 Å². The maximum absolute atomic E-state index is 5.20. The van der Waals surface area contributed by atoms with E-state index in [1.807, 2.05) is 24.3 Å². The molecule has 0 radical (unpaired) electrons. The summed E-state index contributed by atoms with van der Waals surface area (Å²) in [6.07, 6.45) is 5.42. The third-order valence-electron chi connectivity index (χ3n) is 5.75. The van der Waals surface area contributed by atoms with Gasteiger partial charge in [-0.05, 0) is 55.9 Å². The van der Waals surface area contributed by atoms with Crippen LogP contribution in [0.1, 0.15) is 38.4 Å². The van der Waals surface area contributed by atoms with E-state index in [1.54, 1.807) is 7.11 Å². The molecule has 1 saturated carbocycles. The molecule has 1 aliphatic carbocycles. The predicted octanol–water partition coefficient (Wildman–Crippen LogP) is 3.44. The number of benzene rings is 1. The molecule has 0 bridgehead atoms. The molecule has 2 aromatic rings. The van der Waals surface area contributed by atoms with Crippen LogP contribution in [0.15, 0.2) is 29.3 Å². The number of aromatic nitrogens is 3. The summed E-state index contributed by atoms with van der Waals surface area (Å²) in [5.41, 5.74) is 1.52. The van der Waals surface area contributed by atoms with Gasteiger partial charge >= 0.3 is 0 Å². The Morgan fingerprint density at radius 3 is 2.68 bits per heavy atom. The van der Waals surface area contributed by atoms with Gasteiger partial charge in [-0.3, -0.25) is 5.10 Å². The van der Waals surface area contributed by atoms with Crippen LogP contribution in [-0.2, 0) is 6.54 Å². The Bertz CT molecular complexity index is 799. The molecule has 1 aliphatic heterocycles. The Balaban J connectivity index is 0.00000225. The summed E-state index contributed by atoms with van der Waals surface area (Å²) in [6, 6.07) is 7.75. The molecule has 152 valence electrons.